The fourth-order valence-corrected chi connectivity index (χ4v) is 2.17. The zero-order chi connectivity index (χ0) is 12.6. The SMILES string of the molecule is Cc1[nH]c2cccc(C)c2c1C(=O)NC(C)C. The van der Waals surface area contributed by atoms with Crippen molar-refractivity contribution in [3.8, 4) is 0 Å². The van der Waals surface area contributed by atoms with E-state index in [0.29, 0.717) is 0 Å². The van der Waals surface area contributed by atoms with E-state index in [2.05, 4.69) is 10.3 Å². The third-order valence-corrected chi connectivity index (χ3v) is 2.87. The molecule has 17 heavy (non-hydrogen) atoms. The number of amides is 1. The van der Waals surface area contributed by atoms with Gasteiger partial charge in [-0.05, 0) is 39.3 Å². The van der Waals surface area contributed by atoms with E-state index in [-0.39, 0.29) is 11.9 Å². The van der Waals surface area contributed by atoms with Gasteiger partial charge in [-0.3, -0.25) is 4.79 Å². The summed E-state index contributed by atoms with van der Waals surface area (Å²) in [7, 11) is 0. The summed E-state index contributed by atoms with van der Waals surface area (Å²) in [6.45, 7) is 7.90. The minimum atomic E-state index is -0.00181. The first-order valence-corrected chi connectivity index (χ1v) is 5.89. The molecule has 0 radical (unpaired) electrons. The maximum Gasteiger partial charge on any atom is 0.253 e. The number of aromatic amines is 1. The van der Waals surface area contributed by atoms with E-state index < -0.39 is 0 Å². The topological polar surface area (TPSA) is 44.9 Å². The van der Waals surface area contributed by atoms with Gasteiger partial charge >= 0.3 is 0 Å². The second-order valence-electron chi connectivity index (χ2n) is 4.75. The number of hydrogen-bond acceptors (Lipinski definition) is 1. The van der Waals surface area contributed by atoms with Gasteiger partial charge in [-0.15, -0.1) is 0 Å². The molecule has 2 rings (SSSR count). The van der Waals surface area contributed by atoms with E-state index in [1.807, 2.05) is 45.9 Å². The summed E-state index contributed by atoms with van der Waals surface area (Å²) in [6, 6.07) is 6.18. The lowest BCUT2D eigenvalue weighted by atomic mass is 10.1. The molecule has 1 amide bonds. The largest absolute Gasteiger partial charge is 0.358 e. The molecular weight excluding hydrogens is 212 g/mol. The van der Waals surface area contributed by atoms with Crippen LogP contribution in [-0.4, -0.2) is 16.9 Å². The van der Waals surface area contributed by atoms with Crippen molar-refractivity contribution in [1.82, 2.24) is 10.3 Å². The molecule has 3 nitrogen and oxygen atoms in total. The van der Waals surface area contributed by atoms with Crippen molar-refractivity contribution in [3.63, 3.8) is 0 Å². The van der Waals surface area contributed by atoms with Gasteiger partial charge in [-0.1, -0.05) is 12.1 Å². The molecule has 0 unspecified atom stereocenters. The fourth-order valence-electron chi connectivity index (χ4n) is 2.17. The smallest absolute Gasteiger partial charge is 0.253 e. The molecule has 1 heterocycles. The first-order valence-electron chi connectivity index (χ1n) is 5.89. The lowest BCUT2D eigenvalue weighted by molar-refractivity contribution is 0.0944. The van der Waals surface area contributed by atoms with Gasteiger partial charge in [-0.2, -0.15) is 0 Å². The second-order valence-corrected chi connectivity index (χ2v) is 4.75. The van der Waals surface area contributed by atoms with Crippen LogP contribution < -0.4 is 5.32 Å². The molecule has 3 heteroatoms. The van der Waals surface area contributed by atoms with Gasteiger partial charge in [0.2, 0.25) is 0 Å². The number of aromatic nitrogens is 1. The summed E-state index contributed by atoms with van der Waals surface area (Å²) in [5.41, 5.74) is 3.84. The fraction of sp³-hybridized carbons (Fsp3) is 0.357. The summed E-state index contributed by atoms with van der Waals surface area (Å²) < 4.78 is 0. The molecule has 2 N–H and O–H groups in total. The van der Waals surface area contributed by atoms with Crippen LogP contribution in [0.4, 0.5) is 0 Å². The lowest BCUT2D eigenvalue weighted by Crippen LogP contribution is -2.30. The number of carbonyl (C=O) groups is 1. The van der Waals surface area contributed by atoms with E-state index in [1.165, 1.54) is 0 Å². The molecule has 0 saturated carbocycles. The van der Waals surface area contributed by atoms with Crippen LogP contribution in [0.3, 0.4) is 0 Å². The highest BCUT2D eigenvalue weighted by molar-refractivity contribution is 6.09. The van der Waals surface area contributed by atoms with Crippen molar-refractivity contribution < 1.29 is 4.79 Å². The van der Waals surface area contributed by atoms with Gasteiger partial charge in [0.25, 0.3) is 5.91 Å². The van der Waals surface area contributed by atoms with Crippen LogP contribution in [0.2, 0.25) is 0 Å². The molecule has 0 spiro atoms. The Morgan fingerprint density at radius 1 is 1.29 bits per heavy atom. The standard InChI is InChI=1S/C14H18N2O/c1-8(2)15-14(17)13-10(4)16-11-7-5-6-9(3)12(11)13/h5-8,16H,1-4H3,(H,15,17). The maximum atomic E-state index is 12.2. The van der Waals surface area contributed by atoms with Crippen LogP contribution in [0.15, 0.2) is 18.2 Å². The molecule has 0 fully saturated rings. The van der Waals surface area contributed by atoms with Gasteiger partial charge in [0.1, 0.15) is 0 Å². The third-order valence-electron chi connectivity index (χ3n) is 2.87. The molecule has 0 aliphatic heterocycles. The Kier molecular flexibility index (Phi) is 2.92. The van der Waals surface area contributed by atoms with Crippen LogP contribution in [0.5, 0.6) is 0 Å². The van der Waals surface area contributed by atoms with Gasteiger partial charge in [-0.25, -0.2) is 0 Å². The van der Waals surface area contributed by atoms with Crippen molar-refractivity contribution in [1.29, 1.82) is 0 Å². The number of rotatable bonds is 2. The predicted octanol–water partition coefficient (Wildman–Crippen LogP) is 2.92. The first kappa shape index (κ1) is 11.7. The third kappa shape index (κ3) is 2.05. The Balaban J connectivity index is 2.60. The first-order chi connectivity index (χ1) is 8.00. The Morgan fingerprint density at radius 3 is 2.65 bits per heavy atom. The molecule has 1 aromatic carbocycles. The molecule has 1 aromatic heterocycles. The van der Waals surface area contributed by atoms with Crippen LogP contribution in [0, 0.1) is 13.8 Å². The average molecular weight is 230 g/mol. The van der Waals surface area contributed by atoms with Crippen molar-refractivity contribution in [3.05, 3.63) is 35.0 Å². The van der Waals surface area contributed by atoms with Crippen LogP contribution in [-0.2, 0) is 0 Å². The highest BCUT2D eigenvalue weighted by atomic mass is 16.1. The molecule has 0 atom stereocenters. The maximum absolute atomic E-state index is 12.2. The van der Waals surface area contributed by atoms with E-state index in [1.54, 1.807) is 0 Å². The molecule has 0 aliphatic carbocycles. The highest BCUT2D eigenvalue weighted by Gasteiger charge is 2.17. The van der Waals surface area contributed by atoms with E-state index in [4.69, 9.17) is 0 Å². The van der Waals surface area contributed by atoms with Crippen molar-refractivity contribution in [2.75, 3.05) is 0 Å². The molecule has 90 valence electrons. The number of hydrogen-bond donors (Lipinski definition) is 2. The lowest BCUT2D eigenvalue weighted by Gasteiger charge is -2.09. The van der Waals surface area contributed by atoms with E-state index in [0.717, 1.165) is 27.7 Å². The van der Waals surface area contributed by atoms with Crippen molar-refractivity contribution in [2.45, 2.75) is 33.7 Å². The summed E-state index contributed by atoms with van der Waals surface area (Å²) in [4.78, 5) is 15.4. The average Bonchev–Trinajstić information content (AvgIpc) is 2.54. The molecule has 0 bridgehead atoms. The van der Waals surface area contributed by atoms with Gasteiger partial charge in [0.15, 0.2) is 0 Å². The zero-order valence-corrected chi connectivity index (χ0v) is 10.7. The number of carbonyl (C=O) groups excluding carboxylic acids is 1. The van der Waals surface area contributed by atoms with Crippen molar-refractivity contribution in [2.24, 2.45) is 0 Å². The number of fused-ring (bicyclic) bond motifs is 1. The monoisotopic (exact) mass is 230 g/mol. The van der Waals surface area contributed by atoms with E-state index >= 15 is 0 Å². The summed E-state index contributed by atoms with van der Waals surface area (Å²) >= 11 is 0. The Labute approximate surface area is 101 Å². The van der Waals surface area contributed by atoms with Crippen LogP contribution in [0.25, 0.3) is 10.9 Å². The minimum absolute atomic E-state index is 0.00181. The van der Waals surface area contributed by atoms with E-state index in [9.17, 15) is 4.79 Å². The van der Waals surface area contributed by atoms with Crippen molar-refractivity contribution >= 4 is 16.8 Å². The molecule has 0 saturated heterocycles. The summed E-state index contributed by atoms with van der Waals surface area (Å²) in [5.74, 6) is -0.00181. The summed E-state index contributed by atoms with van der Waals surface area (Å²) in [6.07, 6.45) is 0. The second kappa shape index (κ2) is 4.24. The zero-order valence-electron chi connectivity index (χ0n) is 10.7. The highest BCUT2D eigenvalue weighted by Crippen LogP contribution is 2.25. The Bertz CT molecular complexity index is 567. The van der Waals surface area contributed by atoms with Gasteiger partial charge < -0.3 is 10.3 Å². The quantitative estimate of drug-likeness (QED) is 0.818. The number of H-pyrrole nitrogens is 1. The normalized spacial score (nSPS) is 11.1. The molecule has 2 aromatic rings. The van der Waals surface area contributed by atoms with Gasteiger partial charge in [0, 0.05) is 22.6 Å². The van der Waals surface area contributed by atoms with Gasteiger partial charge in [0.05, 0.1) is 5.56 Å². The molecule has 0 aliphatic rings. The Hall–Kier alpha value is -1.77. The number of aryl methyl sites for hydroxylation is 2. The number of nitrogens with one attached hydrogen (secondary N) is 2. The van der Waals surface area contributed by atoms with Crippen LogP contribution >= 0.6 is 0 Å². The summed E-state index contributed by atoms with van der Waals surface area (Å²) in [5, 5.41) is 3.98. The Morgan fingerprint density at radius 2 is 2.00 bits per heavy atom. The minimum Gasteiger partial charge on any atom is -0.358 e. The predicted molar refractivity (Wildman–Crippen MR) is 70.4 cm³/mol. The van der Waals surface area contributed by atoms with Crippen LogP contribution in [0.1, 0.15) is 35.5 Å². The molecular formula is C14H18N2O. The number of benzene rings is 1.